The van der Waals surface area contributed by atoms with E-state index in [1.165, 1.54) is 10.6 Å². The van der Waals surface area contributed by atoms with Gasteiger partial charge < -0.3 is 19.7 Å². The van der Waals surface area contributed by atoms with Crippen LogP contribution < -0.4 is 19.9 Å². The van der Waals surface area contributed by atoms with Crippen molar-refractivity contribution in [3.8, 4) is 5.75 Å². The highest BCUT2D eigenvalue weighted by Crippen LogP contribution is 2.24. The number of amides is 2. The van der Waals surface area contributed by atoms with E-state index < -0.39 is 12.0 Å². The van der Waals surface area contributed by atoms with Gasteiger partial charge in [-0.15, -0.1) is 0 Å². The molecule has 2 fully saturated rings. The first-order valence-corrected chi connectivity index (χ1v) is 12.5. The van der Waals surface area contributed by atoms with E-state index in [1.807, 2.05) is 12.1 Å². The number of methoxy groups -OCH3 is 1. The summed E-state index contributed by atoms with van der Waals surface area (Å²) in [5, 5.41) is 3.26. The largest absolute Gasteiger partial charge is 0.497 e. The number of piperazine rings is 1. The molecule has 0 saturated carbocycles. The lowest BCUT2D eigenvalue weighted by Crippen LogP contribution is -2.47. The normalized spacial score (nSPS) is 18.6. The maximum absolute atomic E-state index is 12.9. The number of ether oxygens (including phenoxy) is 2. The quantitative estimate of drug-likeness (QED) is 0.306. The second-order valence-corrected chi connectivity index (χ2v) is 8.93. The molecule has 4 rings (SSSR count). The van der Waals surface area contributed by atoms with E-state index in [1.54, 1.807) is 38.3 Å². The van der Waals surface area contributed by atoms with Crippen LogP contribution in [0, 0.1) is 0 Å². The third-order valence-electron chi connectivity index (χ3n) is 6.63. The number of rotatable bonds is 10. The van der Waals surface area contributed by atoms with Crippen molar-refractivity contribution in [3.05, 3.63) is 54.1 Å². The Morgan fingerprint density at radius 1 is 0.972 bits per heavy atom. The second-order valence-electron chi connectivity index (χ2n) is 8.93. The Bertz CT molecular complexity index is 1050. The molecule has 2 aliphatic heterocycles. The molecule has 0 aliphatic carbocycles. The summed E-state index contributed by atoms with van der Waals surface area (Å²) in [6.07, 6.45) is 1.04. The highest BCUT2D eigenvalue weighted by molar-refractivity contribution is 6.22. The van der Waals surface area contributed by atoms with Crippen LogP contribution in [0.4, 0.5) is 11.4 Å². The zero-order valence-electron chi connectivity index (χ0n) is 20.9. The van der Waals surface area contributed by atoms with Crippen LogP contribution in [0.3, 0.4) is 0 Å². The Morgan fingerprint density at radius 3 is 2.28 bits per heavy atom. The third-order valence-corrected chi connectivity index (χ3v) is 6.63. The molecule has 36 heavy (non-hydrogen) atoms. The molecule has 0 radical (unpaired) electrons. The van der Waals surface area contributed by atoms with Gasteiger partial charge in [-0.1, -0.05) is 0 Å². The SMILES string of the molecule is CCOC(=O)c1ccc(N2C(=O)C[C@H](NCCCN3CCN(c4ccc(OC)cc4)CC3)C2=O)cc1. The Hall–Kier alpha value is -3.43. The first-order valence-electron chi connectivity index (χ1n) is 12.5. The van der Waals surface area contributed by atoms with Gasteiger partial charge in [-0.2, -0.15) is 0 Å². The minimum absolute atomic E-state index is 0.138. The fourth-order valence-corrected chi connectivity index (χ4v) is 4.63. The Kier molecular flexibility index (Phi) is 8.56. The number of carbonyl (C=O) groups is 3. The van der Waals surface area contributed by atoms with E-state index in [0.29, 0.717) is 17.8 Å². The molecule has 0 spiro atoms. The van der Waals surface area contributed by atoms with Crippen LogP contribution in [-0.4, -0.2) is 81.7 Å². The molecular formula is C27H34N4O5. The molecule has 9 heteroatoms. The van der Waals surface area contributed by atoms with Crippen molar-refractivity contribution in [2.24, 2.45) is 0 Å². The lowest BCUT2D eigenvalue weighted by atomic mass is 10.2. The highest BCUT2D eigenvalue weighted by Gasteiger charge is 2.39. The van der Waals surface area contributed by atoms with Gasteiger partial charge in [-0.05, 0) is 75.0 Å². The van der Waals surface area contributed by atoms with Crippen molar-refractivity contribution in [3.63, 3.8) is 0 Å². The molecule has 0 aromatic heterocycles. The number of anilines is 2. The molecule has 9 nitrogen and oxygen atoms in total. The molecule has 1 N–H and O–H groups in total. The van der Waals surface area contributed by atoms with Crippen LogP contribution in [0.15, 0.2) is 48.5 Å². The summed E-state index contributed by atoms with van der Waals surface area (Å²) in [4.78, 5) is 43.2. The standard InChI is InChI=1S/C27H34N4O5/c1-3-36-27(34)20-5-7-22(8-6-20)31-25(32)19-24(26(31)33)28-13-4-14-29-15-17-30(18-16-29)21-9-11-23(35-2)12-10-21/h5-12,24,28H,3-4,13-19H2,1-2H3/t24-/m0/s1. The van der Waals surface area contributed by atoms with Gasteiger partial charge in [0.2, 0.25) is 5.91 Å². The number of benzene rings is 2. The van der Waals surface area contributed by atoms with Crippen molar-refractivity contribution < 1.29 is 23.9 Å². The monoisotopic (exact) mass is 494 g/mol. The maximum atomic E-state index is 12.9. The molecule has 2 amide bonds. The van der Waals surface area contributed by atoms with Crippen LogP contribution in [0.2, 0.25) is 0 Å². The minimum Gasteiger partial charge on any atom is -0.497 e. The smallest absolute Gasteiger partial charge is 0.338 e. The van der Waals surface area contributed by atoms with E-state index in [2.05, 4.69) is 27.2 Å². The molecule has 2 aromatic rings. The summed E-state index contributed by atoms with van der Waals surface area (Å²) in [7, 11) is 1.67. The van der Waals surface area contributed by atoms with Crippen LogP contribution >= 0.6 is 0 Å². The molecule has 192 valence electrons. The van der Waals surface area contributed by atoms with Gasteiger partial charge in [0, 0.05) is 31.9 Å². The van der Waals surface area contributed by atoms with Gasteiger partial charge in [0.15, 0.2) is 0 Å². The molecule has 0 bridgehead atoms. The average molecular weight is 495 g/mol. The predicted molar refractivity (Wildman–Crippen MR) is 138 cm³/mol. The Morgan fingerprint density at radius 2 is 1.64 bits per heavy atom. The number of nitrogens with one attached hydrogen (secondary N) is 1. The van der Waals surface area contributed by atoms with Gasteiger partial charge in [0.25, 0.3) is 5.91 Å². The van der Waals surface area contributed by atoms with Crippen LogP contribution in [0.5, 0.6) is 5.75 Å². The molecule has 0 unspecified atom stereocenters. The minimum atomic E-state index is -0.519. The number of carbonyl (C=O) groups excluding carboxylic acids is 3. The average Bonchev–Trinajstić information content (AvgIpc) is 3.19. The van der Waals surface area contributed by atoms with E-state index in [0.717, 1.165) is 44.9 Å². The summed E-state index contributed by atoms with van der Waals surface area (Å²) in [5.41, 5.74) is 2.07. The van der Waals surface area contributed by atoms with Gasteiger partial charge >= 0.3 is 5.97 Å². The highest BCUT2D eigenvalue weighted by atomic mass is 16.5. The van der Waals surface area contributed by atoms with Crippen LogP contribution in [-0.2, 0) is 14.3 Å². The predicted octanol–water partition coefficient (Wildman–Crippen LogP) is 2.31. The number of nitrogens with zero attached hydrogens (tertiary/aromatic N) is 3. The summed E-state index contributed by atoms with van der Waals surface area (Å²) in [5.74, 6) is -0.0554. The summed E-state index contributed by atoms with van der Waals surface area (Å²) in [6, 6.07) is 14.0. The van der Waals surface area contributed by atoms with E-state index in [-0.39, 0.29) is 24.8 Å². The lowest BCUT2D eigenvalue weighted by Gasteiger charge is -2.36. The van der Waals surface area contributed by atoms with E-state index >= 15 is 0 Å². The van der Waals surface area contributed by atoms with Crippen molar-refractivity contribution >= 4 is 29.2 Å². The topological polar surface area (TPSA) is 91.4 Å². The number of imide groups is 1. The van der Waals surface area contributed by atoms with Crippen molar-refractivity contribution in [1.82, 2.24) is 10.2 Å². The van der Waals surface area contributed by atoms with Crippen molar-refractivity contribution in [2.45, 2.75) is 25.8 Å². The first kappa shape index (κ1) is 25.7. The fraction of sp³-hybridized carbons (Fsp3) is 0.444. The zero-order chi connectivity index (χ0) is 25.5. The summed E-state index contributed by atoms with van der Waals surface area (Å²) < 4.78 is 10.2. The van der Waals surface area contributed by atoms with Crippen molar-refractivity contribution in [2.75, 3.05) is 62.8 Å². The molecule has 1 atom stereocenters. The molecule has 2 aliphatic rings. The van der Waals surface area contributed by atoms with Gasteiger partial charge in [-0.25, -0.2) is 9.69 Å². The van der Waals surface area contributed by atoms with Gasteiger partial charge in [0.05, 0.1) is 37.4 Å². The van der Waals surface area contributed by atoms with Gasteiger partial charge in [-0.3, -0.25) is 14.5 Å². The fourth-order valence-electron chi connectivity index (χ4n) is 4.63. The maximum Gasteiger partial charge on any atom is 0.338 e. The molecule has 2 aromatic carbocycles. The number of esters is 1. The Balaban J connectivity index is 1.19. The second kappa shape index (κ2) is 12.0. The third kappa shape index (κ3) is 6.03. The van der Waals surface area contributed by atoms with Crippen LogP contribution in [0.1, 0.15) is 30.1 Å². The number of hydrogen-bond donors (Lipinski definition) is 1. The summed E-state index contributed by atoms with van der Waals surface area (Å²) in [6.45, 7) is 7.56. The van der Waals surface area contributed by atoms with Crippen LogP contribution in [0.25, 0.3) is 0 Å². The van der Waals surface area contributed by atoms with Crippen molar-refractivity contribution in [1.29, 1.82) is 0 Å². The number of hydrogen-bond acceptors (Lipinski definition) is 8. The molecule has 2 saturated heterocycles. The summed E-state index contributed by atoms with van der Waals surface area (Å²) >= 11 is 0. The zero-order valence-corrected chi connectivity index (χ0v) is 20.9. The molecule has 2 heterocycles. The van der Waals surface area contributed by atoms with E-state index in [9.17, 15) is 14.4 Å². The molecular weight excluding hydrogens is 460 g/mol. The lowest BCUT2D eigenvalue weighted by molar-refractivity contribution is -0.121. The Labute approximate surface area is 211 Å². The van der Waals surface area contributed by atoms with E-state index in [4.69, 9.17) is 9.47 Å². The van der Waals surface area contributed by atoms with Gasteiger partial charge in [0.1, 0.15) is 5.75 Å². The first-order chi connectivity index (χ1) is 17.5.